The summed E-state index contributed by atoms with van der Waals surface area (Å²) in [6.45, 7) is 2.23. The Bertz CT molecular complexity index is 1320. The molecule has 2 aromatic heterocycles. The second-order valence-corrected chi connectivity index (χ2v) is 8.85. The highest BCUT2D eigenvalue weighted by molar-refractivity contribution is 6.09. The normalized spacial score (nSPS) is 14.9. The highest BCUT2D eigenvalue weighted by atomic mass is 19.4. The molecule has 168 valence electrons. The molecule has 0 unspecified atom stereocenters. The number of carbonyl (C=O) groups is 1. The molecule has 1 amide bonds. The minimum Gasteiger partial charge on any atom is -0.322 e. The summed E-state index contributed by atoms with van der Waals surface area (Å²) in [6, 6.07) is 16.7. The highest BCUT2D eigenvalue weighted by Gasteiger charge is 2.38. The summed E-state index contributed by atoms with van der Waals surface area (Å²) in [7, 11) is 0. The van der Waals surface area contributed by atoms with Gasteiger partial charge in [0.2, 0.25) is 0 Å². The predicted molar refractivity (Wildman–Crippen MR) is 120 cm³/mol. The van der Waals surface area contributed by atoms with Gasteiger partial charge in [-0.1, -0.05) is 37.3 Å². The lowest BCUT2D eigenvalue weighted by molar-refractivity contribution is -0.137. The van der Waals surface area contributed by atoms with Crippen molar-refractivity contribution in [1.82, 2.24) is 9.61 Å². The Balaban J connectivity index is 1.39. The van der Waals surface area contributed by atoms with Crippen LogP contribution in [0, 0.1) is 0 Å². The van der Waals surface area contributed by atoms with Gasteiger partial charge in [-0.2, -0.15) is 18.3 Å². The molecule has 0 spiro atoms. The van der Waals surface area contributed by atoms with Crippen LogP contribution in [-0.4, -0.2) is 15.5 Å². The number of carbonyl (C=O) groups excluding carboxylic acids is 1. The molecule has 0 aliphatic heterocycles. The number of pyridine rings is 1. The van der Waals surface area contributed by atoms with Crippen LogP contribution in [0.3, 0.4) is 0 Å². The van der Waals surface area contributed by atoms with Crippen LogP contribution in [0.25, 0.3) is 5.52 Å². The number of rotatable bonds is 5. The van der Waals surface area contributed by atoms with Gasteiger partial charge in [-0.25, -0.2) is 4.52 Å². The minimum absolute atomic E-state index is 0.262. The van der Waals surface area contributed by atoms with Crippen LogP contribution >= 0.6 is 0 Å². The van der Waals surface area contributed by atoms with Gasteiger partial charge >= 0.3 is 6.18 Å². The molecule has 1 aliphatic rings. The van der Waals surface area contributed by atoms with E-state index in [-0.39, 0.29) is 11.3 Å². The largest absolute Gasteiger partial charge is 0.416 e. The Kier molecular flexibility index (Phi) is 5.00. The topological polar surface area (TPSA) is 46.4 Å². The van der Waals surface area contributed by atoms with E-state index >= 15 is 0 Å². The van der Waals surface area contributed by atoms with Gasteiger partial charge in [0, 0.05) is 11.9 Å². The summed E-state index contributed by atoms with van der Waals surface area (Å²) < 4.78 is 40.2. The molecule has 0 bridgehead atoms. The Morgan fingerprint density at radius 2 is 1.76 bits per heavy atom. The molecule has 1 fully saturated rings. The molecule has 1 saturated carbocycles. The third kappa shape index (κ3) is 4.23. The number of alkyl halides is 3. The highest BCUT2D eigenvalue weighted by Crippen LogP contribution is 2.47. The van der Waals surface area contributed by atoms with Gasteiger partial charge in [0.15, 0.2) is 0 Å². The molecular formula is C26H22F3N3O. The average molecular weight is 449 g/mol. The number of halogens is 3. The molecule has 0 atom stereocenters. The van der Waals surface area contributed by atoms with Crippen molar-refractivity contribution in [2.75, 3.05) is 5.32 Å². The molecule has 5 rings (SSSR count). The van der Waals surface area contributed by atoms with Crippen LogP contribution in [0.1, 0.15) is 52.4 Å². The van der Waals surface area contributed by atoms with Gasteiger partial charge in [-0.3, -0.25) is 4.79 Å². The SMILES string of the molecule is CC1(c2ccc(NC(=O)c3cnn4cccc(Cc5ccc(C(F)(F)F)cc5)c34)cc2)CC1. The number of benzene rings is 2. The lowest BCUT2D eigenvalue weighted by Crippen LogP contribution is -2.12. The van der Waals surface area contributed by atoms with Crippen LogP contribution in [0.15, 0.2) is 73.1 Å². The molecule has 1 aliphatic carbocycles. The van der Waals surface area contributed by atoms with Crippen LogP contribution in [0.5, 0.6) is 0 Å². The first-order valence-electron chi connectivity index (χ1n) is 10.8. The number of hydrogen-bond donors (Lipinski definition) is 1. The van der Waals surface area contributed by atoms with Gasteiger partial charge in [-0.15, -0.1) is 0 Å². The second kappa shape index (κ2) is 7.76. The summed E-state index contributed by atoms with van der Waals surface area (Å²) in [5.74, 6) is -0.282. The van der Waals surface area contributed by atoms with Crippen molar-refractivity contribution in [3.63, 3.8) is 0 Å². The van der Waals surface area contributed by atoms with E-state index < -0.39 is 11.7 Å². The number of amides is 1. The Labute approximate surface area is 189 Å². The third-order valence-corrected chi connectivity index (χ3v) is 6.38. The summed E-state index contributed by atoms with van der Waals surface area (Å²) >= 11 is 0. The molecule has 2 aromatic carbocycles. The Morgan fingerprint density at radius 1 is 1.06 bits per heavy atom. The number of fused-ring (bicyclic) bond motifs is 1. The van der Waals surface area contributed by atoms with E-state index in [1.54, 1.807) is 16.8 Å². The number of nitrogens with zero attached hydrogens (tertiary/aromatic N) is 2. The van der Waals surface area contributed by atoms with Crippen molar-refractivity contribution in [2.45, 2.75) is 37.8 Å². The van der Waals surface area contributed by atoms with E-state index in [0.717, 1.165) is 17.7 Å². The van der Waals surface area contributed by atoms with Crippen LogP contribution in [-0.2, 0) is 18.0 Å². The summed E-state index contributed by atoms with van der Waals surface area (Å²) in [5, 5.41) is 7.23. The van der Waals surface area contributed by atoms with Crippen molar-refractivity contribution in [2.24, 2.45) is 0 Å². The van der Waals surface area contributed by atoms with E-state index in [4.69, 9.17) is 0 Å². The number of aromatic nitrogens is 2. The fourth-order valence-electron chi connectivity index (χ4n) is 4.09. The maximum absolute atomic E-state index is 13.1. The second-order valence-electron chi connectivity index (χ2n) is 8.85. The average Bonchev–Trinajstić information content (AvgIpc) is 3.38. The number of anilines is 1. The van der Waals surface area contributed by atoms with Crippen molar-refractivity contribution >= 4 is 17.1 Å². The number of hydrogen-bond acceptors (Lipinski definition) is 2. The van der Waals surface area contributed by atoms with Gasteiger partial charge in [0.05, 0.1) is 22.8 Å². The molecule has 33 heavy (non-hydrogen) atoms. The molecule has 4 aromatic rings. The van der Waals surface area contributed by atoms with Crippen molar-refractivity contribution < 1.29 is 18.0 Å². The van der Waals surface area contributed by atoms with Crippen LogP contribution in [0.2, 0.25) is 0 Å². The fraction of sp³-hybridized carbons (Fsp3) is 0.231. The lowest BCUT2D eigenvalue weighted by Gasteiger charge is -2.11. The molecule has 2 heterocycles. The van der Waals surface area contributed by atoms with Crippen molar-refractivity contribution in [3.8, 4) is 0 Å². The Morgan fingerprint density at radius 3 is 2.39 bits per heavy atom. The quantitative estimate of drug-likeness (QED) is 0.392. The zero-order chi connectivity index (χ0) is 23.2. The smallest absolute Gasteiger partial charge is 0.322 e. The van der Waals surface area contributed by atoms with Gasteiger partial charge < -0.3 is 5.32 Å². The lowest BCUT2D eigenvalue weighted by atomic mass is 9.98. The Hall–Kier alpha value is -3.61. The first-order valence-corrected chi connectivity index (χ1v) is 10.8. The first kappa shape index (κ1) is 21.2. The van der Waals surface area contributed by atoms with Crippen LogP contribution < -0.4 is 5.32 Å². The van der Waals surface area contributed by atoms with E-state index in [1.807, 2.05) is 18.2 Å². The standard InChI is InChI=1S/C26H22F3N3O/c1-25(12-13-25)19-8-10-21(11-9-19)31-24(33)22-16-30-32-14-2-3-18(23(22)32)15-17-4-6-20(7-5-17)26(27,28)29/h2-11,14,16H,12-13,15H2,1H3,(H,31,33). The molecule has 7 heteroatoms. The minimum atomic E-state index is -4.37. The van der Waals surface area contributed by atoms with Gasteiger partial charge in [0.1, 0.15) is 0 Å². The molecule has 0 saturated heterocycles. The summed E-state index contributed by atoms with van der Waals surface area (Å²) in [5.41, 5.74) is 4.12. The van der Waals surface area contributed by atoms with Crippen molar-refractivity contribution in [1.29, 1.82) is 0 Å². The van der Waals surface area contributed by atoms with E-state index in [0.29, 0.717) is 28.8 Å². The van der Waals surface area contributed by atoms with E-state index in [2.05, 4.69) is 29.5 Å². The van der Waals surface area contributed by atoms with Gasteiger partial charge in [0.25, 0.3) is 5.91 Å². The number of nitrogens with one attached hydrogen (secondary N) is 1. The maximum Gasteiger partial charge on any atom is 0.416 e. The monoisotopic (exact) mass is 449 g/mol. The van der Waals surface area contributed by atoms with Crippen LogP contribution in [0.4, 0.5) is 18.9 Å². The molecular weight excluding hydrogens is 427 g/mol. The molecule has 0 radical (unpaired) electrons. The first-order chi connectivity index (χ1) is 15.7. The fourth-order valence-corrected chi connectivity index (χ4v) is 4.09. The zero-order valence-electron chi connectivity index (χ0n) is 18.0. The molecule has 4 nitrogen and oxygen atoms in total. The maximum atomic E-state index is 13.1. The third-order valence-electron chi connectivity index (χ3n) is 6.38. The molecule has 1 N–H and O–H groups in total. The van der Waals surface area contributed by atoms with E-state index in [1.165, 1.54) is 36.7 Å². The van der Waals surface area contributed by atoms with Crippen molar-refractivity contribution in [3.05, 3.63) is 101 Å². The summed E-state index contributed by atoms with van der Waals surface area (Å²) in [6.07, 6.45) is 1.63. The zero-order valence-corrected chi connectivity index (χ0v) is 18.0. The van der Waals surface area contributed by atoms with Gasteiger partial charge in [-0.05, 0) is 71.7 Å². The summed E-state index contributed by atoms with van der Waals surface area (Å²) in [4.78, 5) is 13.1. The van der Waals surface area contributed by atoms with E-state index in [9.17, 15) is 18.0 Å². The predicted octanol–water partition coefficient (Wildman–Crippen LogP) is 6.25.